The molecule has 0 aliphatic heterocycles. The minimum absolute atomic E-state index is 0.695. The van der Waals surface area contributed by atoms with Gasteiger partial charge in [-0.05, 0) is 14.1 Å². The number of hydrogen-bond donors (Lipinski definition) is 0. The van der Waals surface area contributed by atoms with Gasteiger partial charge in [-0.1, -0.05) is 6.58 Å². The maximum Gasteiger partial charge on any atom is 0.179 e. The van der Waals surface area contributed by atoms with E-state index in [4.69, 9.17) is 0 Å². The Hall–Kier alpha value is -1.24. The van der Waals surface area contributed by atoms with E-state index in [2.05, 4.69) is 17.6 Å². The Morgan fingerprint density at radius 3 is 2.92 bits per heavy atom. The summed E-state index contributed by atoms with van der Waals surface area (Å²) in [4.78, 5) is 6.34. The van der Waals surface area contributed by atoms with Crippen molar-refractivity contribution in [1.82, 2.24) is 4.90 Å². The highest BCUT2D eigenvalue weighted by Crippen LogP contribution is 1.73. The Labute approximate surface area is 72.9 Å². The zero-order valence-electron chi connectivity index (χ0n) is 7.54. The van der Waals surface area contributed by atoms with Crippen LogP contribution in [0.4, 0.5) is 0 Å². The minimum atomic E-state index is 0.695. The third-order valence-corrected chi connectivity index (χ3v) is 1.45. The fourth-order valence-corrected chi connectivity index (χ4v) is 0.819. The molecule has 2 heteroatoms. The van der Waals surface area contributed by atoms with E-state index in [-0.39, 0.29) is 0 Å². The fraction of sp³-hybridized carbons (Fsp3) is 0.300. The molecule has 0 saturated heterocycles. The monoisotopic (exact) mass is 161 g/mol. The van der Waals surface area contributed by atoms with Gasteiger partial charge in [-0.25, -0.2) is 4.99 Å². The minimum Gasteiger partial charge on any atom is -0.289 e. The number of benzene rings is 1. The molecule has 0 fully saturated rings. The first-order valence-corrected chi connectivity index (χ1v) is 3.84. The van der Waals surface area contributed by atoms with Crippen LogP contribution in [-0.2, 0) is 0 Å². The summed E-state index contributed by atoms with van der Waals surface area (Å²) in [5, 5.41) is 1.88. The third kappa shape index (κ3) is 2.42. The van der Waals surface area contributed by atoms with Crippen LogP contribution in [0.25, 0.3) is 6.58 Å². The van der Waals surface area contributed by atoms with Crippen LogP contribution in [0.5, 0.6) is 0 Å². The number of nitrogens with zero attached hydrogens (tertiary/aromatic N) is 2. The lowest BCUT2D eigenvalue weighted by Gasteiger charge is -2.00. The summed E-state index contributed by atoms with van der Waals surface area (Å²) < 4.78 is 0. The van der Waals surface area contributed by atoms with Crippen molar-refractivity contribution < 1.29 is 0 Å². The van der Waals surface area contributed by atoms with Crippen LogP contribution in [0, 0.1) is 6.07 Å². The summed E-state index contributed by atoms with van der Waals surface area (Å²) in [5.41, 5.74) is 0. The molecule has 0 unspecified atom stereocenters. The van der Waals surface area contributed by atoms with Gasteiger partial charge >= 0.3 is 0 Å². The Morgan fingerprint density at radius 1 is 1.58 bits per heavy atom. The van der Waals surface area contributed by atoms with Crippen molar-refractivity contribution in [3.8, 4) is 0 Å². The first-order chi connectivity index (χ1) is 5.70. The molecule has 0 N–H and O–H groups in total. The van der Waals surface area contributed by atoms with Gasteiger partial charge in [-0.3, -0.25) is 4.90 Å². The second-order valence-electron chi connectivity index (χ2n) is 2.93. The molecule has 0 bridgehead atoms. The number of rotatable bonds is 2. The Balaban J connectivity index is 2.95. The van der Waals surface area contributed by atoms with Crippen molar-refractivity contribution in [2.45, 2.75) is 0 Å². The topological polar surface area (TPSA) is 15.6 Å². The highest BCUT2D eigenvalue weighted by molar-refractivity contribution is 5.08. The van der Waals surface area contributed by atoms with Crippen molar-refractivity contribution in [2.24, 2.45) is 4.99 Å². The predicted octanol–water partition coefficient (Wildman–Crippen LogP) is 0.0358. The highest BCUT2D eigenvalue weighted by Gasteiger charge is 1.92. The summed E-state index contributed by atoms with van der Waals surface area (Å²) in [6, 6.07) is 8.58. The smallest absolute Gasteiger partial charge is 0.179 e. The van der Waals surface area contributed by atoms with Crippen molar-refractivity contribution >= 4 is 6.58 Å². The normalized spacial score (nSPS) is 12.1. The molecule has 0 aromatic heterocycles. The Bertz CT molecular complexity index is 341. The zero-order chi connectivity index (χ0) is 8.97. The van der Waals surface area contributed by atoms with E-state index in [1.807, 2.05) is 37.2 Å². The van der Waals surface area contributed by atoms with E-state index < -0.39 is 0 Å². The fourth-order valence-electron chi connectivity index (χ4n) is 0.819. The van der Waals surface area contributed by atoms with Gasteiger partial charge in [-0.15, -0.1) is 0 Å². The predicted molar refractivity (Wildman–Crippen MR) is 50.1 cm³/mol. The second-order valence-corrected chi connectivity index (χ2v) is 2.93. The molecule has 0 heterocycles. The molecular formula is C10H13N2+. The average molecular weight is 161 g/mol. The molecule has 2 nitrogen and oxygen atoms in total. The van der Waals surface area contributed by atoms with Gasteiger partial charge in [-0.2, -0.15) is 0 Å². The average Bonchev–Trinajstić information content (AvgIpc) is 2.03. The lowest BCUT2D eigenvalue weighted by atomic mass is 10.3. The lowest BCUT2D eigenvalue weighted by Crippen LogP contribution is -2.25. The quantitative estimate of drug-likeness (QED) is 0.559. The SMILES string of the molecule is C=c1cc[c+]c/c1=N\CN(C)C. The van der Waals surface area contributed by atoms with Gasteiger partial charge in [0.25, 0.3) is 0 Å². The number of hydrogen-bond acceptors (Lipinski definition) is 2. The van der Waals surface area contributed by atoms with E-state index in [1.54, 1.807) is 0 Å². The van der Waals surface area contributed by atoms with Crippen molar-refractivity contribution in [3.63, 3.8) is 0 Å². The molecule has 1 aromatic carbocycles. The van der Waals surface area contributed by atoms with Crippen molar-refractivity contribution in [3.05, 3.63) is 34.8 Å². The third-order valence-electron chi connectivity index (χ3n) is 1.45. The summed E-state index contributed by atoms with van der Waals surface area (Å²) >= 11 is 0. The molecule has 0 atom stereocenters. The molecule has 0 radical (unpaired) electrons. The van der Waals surface area contributed by atoms with Gasteiger partial charge in [0.15, 0.2) is 5.36 Å². The summed E-state index contributed by atoms with van der Waals surface area (Å²) in [6.07, 6.45) is 0. The largest absolute Gasteiger partial charge is 0.289 e. The summed E-state index contributed by atoms with van der Waals surface area (Å²) in [5.74, 6) is 0. The molecule has 0 saturated carbocycles. The lowest BCUT2D eigenvalue weighted by molar-refractivity contribution is 0.419. The van der Waals surface area contributed by atoms with Crippen LogP contribution in [0.2, 0.25) is 0 Å². The van der Waals surface area contributed by atoms with E-state index in [0.717, 1.165) is 10.6 Å². The van der Waals surface area contributed by atoms with Crippen molar-refractivity contribution in [2.75, 3.05) is 20.8 Å². The molecule has 1 aromatic rings. The van der Waals surface area contributed by atoms with Crippen LogP contribution < -0.4 is 10.6 Å². The molecule has 12 heavy (non-hydrogen) atoms. The summed E-state index contributed by atoms with van der Waals surface area (Å²) in [7, 11) is 3.97. The first-order valence-electron chi connectivity index (χ1n) is 3.84. The van der Waals surface area contributed by atoms with Crippen LogP contribution in [0.1, 0.15) is 0 Å². The zero-order valence-corrected chi connectivity index (χ0v) is 7.54. The van der Waals surface area contributed by atoms with Crippen LogP contribution >= 0.6 is 0 Å². The van der Waals surface area contributed by atoms with Gasteiger partial charge < -0.3 is 0 Å². The summed E-state index contributed by atoms with van der Waals surface area (Å²) in [6.45, 7) is 4.56. The molecule has 0 spiro atoms. The molecule has 62 valence electrons. The molecule has 0 aliphatic rings. The van der Waals surface area contributed by atoms with E-state index in [0.29, 0.717) is 6.67 Å². The van der Waals surface area contributed by atoms with Crippen LogP contribution in [0.15, 0.2) is 23.2 Å². The van der Waals surface area contributed by atoms with Gasteiger partial charge in [0.05, 0.1) is 6.07 Å². The van der Waals surface area contributed by atoms with Gasteiger partial charge in [0, 0.05) is 6.07 Å². The van der Waals surface area contributed by atoms with E-state index in [1.165, 1.54) is 0 Å². The maximum atomic E-state index is 4.34. The second kappa shape index (κ2) is 3.96. The van der Waals surface area contributed by atoms with Crippen molar-refractivity contribution in [1.29, 1.82) is 0 Å². The van der Waals surface area contributed by atoms with Crippen LogP contribution in [0.3, 0.4) is 0 Å². The van der Waals surface area contributed by atoms with E-state index in [9.17, 15) is 0 Å². The molecule has 0 aliphatic carbocycles. The van der Waals surface area contributed by atoms with Crippen LogP contribution in [-0.4, -0.2) is 25.7 Å². The van der Waals surface area contributed by atoms with E-state index >= 15 is 0 Å². The van der Waals surface area contributed by atoms with Gasteiger partial charge in [0.2, 0.25) is 0 Å². The first kappa shape index (κ1) is 8.85. The standard InChI is InChI=1S/C10H13N2/c1-9-6-4-5-7-10(9)11-8-12(2)3/h4,6-7H,1,8H2,2-3H3/q+1/b11-10+. The van der Waals surface area contributed by atoms with Gasteiger partial charge in [0.1, 0.15) is 24.0 Å². The molecule has 0 amide bonds. The molecule has 1 rings (SSSR count). The molecular weight excluding hydrogens is 148 g/mol. The Morgan fingerprint density at radius 2 is 2.33 bits per heavy atom. The maximum absolute atomic E-state index is 4.34. The highest BCUT2D eigenvalue weighted by atomic mass is 15.1. The Kier molecular flexibility index (Phi) is 2.92.